The quantitative estimate of drug-likeness (QED) is 0.612. The van der Waals surface area contributed by atoms with Crippen LogP contribution in [0.25, 0.3) is 6.08 Å². The van der Waals surface area contributed by atoms with Gasteiger partial charge in [-0.1, -0.05) is 6.07 Å². The van der Waals surface area contributed by atoms with Crippen LogP contribution < -0.4 is 14.5 Å². The molecule has 1 amide bonds. The van der Waals surface area contributed by atoms with Gasteiger partial charge in [0.1, 0.15) is 0 Å². The zero-order valence-electron chi connectivity index (χ0n) is 17.0. The van der Waals surface area contributed by atoms with Gasteiger partial charge in [-0.3, -0.25) is 4.79 Å². The molecule has 0 aliphatic carbocycles. The minimum Gasteiger partial charge on any atom is -0.493 e. The first-order valence-corrected chi connectivity index (χ1v) is 9.99. The van der Waals surface area contributed by atoms with Crippen LogP contribution in [0.1, 0.15) is 36.7 Å². The van der Waals surface area contributed by atoms with Gasteiger partial charge in [0.15, 0.2) is 11.5 Å². The molecule has 0 saturated heterocycles. The molecule has 0 fully saturated rings. The van der Waals surface area contributed by atoms with Gasteiger partial charge >= 0.3 is 5.97 Å². The summed E-state index contributed by atoms with van der Waals surface area (Å²) in [6.45, 7) is 5.58. The number of hydrogen-bond donors (Lipinski definition) is 1. The Bertz CT molecular complexity index is 1080. The van der Waals surface area contributed by atoms with Gasteiger partial charge in [-0.05, 0) is 78.7 Å². The molecule has 1 heterocycles. The number of benzene rings is 2. The van der Waals surface area contributed by atoms with Gasteiger partial charge in [-0.15, -0.1) is 0 Å². The summed E-state index contributed by atoms with van der Waals surface area (Å²) in [5.74, 6) is -0.283. The normalized spacial score (nSPS) is 15.0. The monoisotopic (exact) mass is 472 g/mol. The lowest BCUT2D eigenvalue weighted by molar-refractivity contribution is -0.114. The molecule has 0 saturated carbocycles. The summed E-state index contributed by atoms with van der Waals surface area (Å²) in [5.41, 5.74) is 2.14. The van der Waals surface area contributed by atoms with Gasteiger partial charge in [-0.25, -0.2) is 4.79 Å². The number of rotatable bonds is 6. The van der Waals surface area contributed by atoms with Gasteiger partial charge in [0, 0.05) is 0 Å². The summed E-state index contributed by atoms with van der Waals surface area (Å²) >= 11 is 3.50. The Kier molecular flexibility index (Phi) is 6.26. The van der Waals surface area contributed by atoms with E-state index in [0.717, 1.165) is 5.56 Å². The first kappa shape index (κ1) is 21.6. The molecular formula is C22H21BrN2O5. The Labute approximate surface area is 182 Å². The fourth-order valence-electron chi connectivity index (χ4n) is 2.97. The maximum absolute atomic E-state index is 13.0. The van der Waals surface area contributed by atoms with Crippen LogP contribution >= 0.6 is 15.9 Å². The fraction of sp³-hybridized carbons (Fsp3) is 0.227. The number of carbonyl (C=O) groups is 2. The van der Waals surface area contributed by atoms with Crippen LogP contribution in [-0.4, -0.2) is 35.9 Å². The van der Waals surface area contributed by atoms with Crippen LogP contribution in [0, 0.1) is 0 Å². The van der Waals surface area contributed by atoms with Crippen LogP contribution in [0.4, 0.5) is 5.69 Å². The van der Waals surface area contributed by atoms with Crippen molar-refractivity contribution in [2.24, 2.45) is 5.10 Å². The van der Waals surface area contributed by atoms with Crippen molar-refractivity contribution in [3.8, 4) is 11.5 Å². The zero-order chi connectivity index (χ0) is 22.0. The van der Waals surface area contributed by atoms with E-state index < -0.39 is 5.97 Å². The van der Waals surface area contributed by atoms with Crippen molar-refractivity contribution < 1.29 is 24.2 Å². The summed E-state index contributed by atoms with van der Waals surface area (Å²) in [6, 6.07) is 9.71. The second kappa shape index (κ2) is 8.71. The van der Waals surface area contributed by atoms with E-state index in [1.54, 1.807) is 38.3 Å². The molecule has 0 radical (unpaired) electrons. The van der Waals surface area contributed by atoms with Crippen molar-refractivity contribution in [3.05, 3.63) is 57.6 Å². The Morgan fingerprint density at radius 2 is 2.00 bits per heavy atom. The third-order valence-corrected chi connectivity index (χ3v) is 4.91. The van der Waals surface area contributed by atoms with Gasteiger partial charge in [0.25, 0.3) is 5.91 Å². The first-order valence-electron chi connectivity index (χ1n) is 9.20. The Hall–Kier alpha value is -3.13. The average Bonchev–Trinajstić information content (AvgIpc) is 2.97. The molecule has 0 atom stereocenters. The molecule has 7 nitrogen and oxygen atoms in total. The molecule has 30 heavy (non-hydrogen) atoms. The lowest BCUT2D eigenvalue weighted by Crippen LogP contribution is -2.21. The SMILES string of the molecule is COc1cc(/C=C2/C(=O)N(c3cccc(C(=O)O)c3)N=C2C)cc(Br)c1OC(C)C. The molecule has 0 bridgehead atoms. The molecule has 1 aliphatic heterocycles. The summed E-state index contributed by atoms with van der Waals surface area (Å²) in [5, 5.41) is 14.7. The number of carboxylic acids is 1. The third kappa shape index (κ3) is 4.38. The van der Waals surface area contributed by atoms with Crippen molar-refractivity contribution in [1.29, 1.82) is 0 Å². The topological polar surface area (TPSA) is 88.4 Å². The molecule has 0 aromatic heterocycles. The summed E-state index contributed by atoms with van der Waals surface area (Å²) in [7, 11) is 1.55. The van der Waals surface area contributed by atoms with E-state index in [2.05, 4.69) is 21.0 Å². The second-order valence-electron chi connectivity index (χ2n) is 6.92. The fourth-order valence-corrected chi connectivity index (χ4v) is 3.52. The molecule has 0 spiro atoms. The second-order valence-corrected chi connectivity index (χ2v) is 7.77. The maximum atomic E-state index is 13.0. The smallest absolute Gasteiger partial charge is 0.335 e. The van der Waals surface area contributed by atoms with Crippen LogP contribution in [-0.2, 0) is 4.79 Å². The van der Waals surface area contributed by atoms with E-state index in [0.29, 0.717) is 32.9 Å². The van der Waals surface area contributed by atoms with Gasteiger partial charge in [-0.2, -0.15) is 10.1 Å². The molecule has 3 rings (SSSR count). The predicted octanol–water partition coefficient (Wildman–Crippen LogP) is 4.75. The Balaban J connectivity index is 1.96. The molecule has 156 valence electrons. The lowest BCUT2D eigenvalue weighted by atomic mass is 10.1. The highest BCUT2D eigenvalue weighted by atomic mass is 79.9. The van der Waals surface area contributed by atoms with Crippen molar-refractivity contribution >= 4 is 45.3 Å². The van der Waals surface area contributed by atoms with Gasteiger partial charge < -0.3 is 14.6 Å². The van der Waals surface area contributed by atoms with Crippen molar-refractivity contribution in [2.45, 2.75) is 26.9 Å². The van der Waals surface area contributed by atoms with E-state index in [4.69, 9.17) is 9.47 Å². The van der Waals surface area contributed by atoms with Crippen LogP contribution in [0.3, 0.4) is 0 Å². The largest absolute Gasteiger partial charge is 0.493 e. The van der Waals surface area contributed by atoms with E-state index in [9.17, 15) is 14.7 Å². The number of amides is 1. The highest BCUT2D eigenvalue weighted by Crippen LogP contribution is 2.38. The minimum absolute atomic E-state index is 0.0275. The van der Waals surface area contributed by atoms with Crippen LogP contribution in [0.15, 0.2) is 51.5 Å². The number of carbonyl (C=O) groups excluding carboxylic acids is 1. The highest BCUT2D eigenvalue weighted by molar-refractivity contribution is 9.10. The standard InChI is InChI=1S/C22H21BrN2O5/c1-12(2)30-20-18(23)9-14(10-19(20)29-4)8-17-13(3)24-25(21(17)26)16-7-5-6-15(11-16)22(27)28/h5-12H,1-4H3,(H,27,28)/b17-8+. The van der Waals surface area contributed by atoms with E-state index >= 15 is 0 Å². The van der Waals surface area contributed by atoms with E-state index in [-0.39, 0.29) is 17.6 Å². The number of ether oxygens (including phenoxy) is 2. The minimum atomic E-state index is -1.07. The van der Waals surface area contributed by atoms with Crippen molar-refractivity contribution in [1.82, 2.24) is 0 Å². The first-order chi connectivity index (χ1) is 14.2. The highest BCUT2D eigenvalue weighted by Gasteiger charge is 2.29. The number of methoxy groups -OCH3 is 1. The van der Waals surface area contributed by atoms with E-state index in [1.807, 2.05) is 19.9 Å². The number of hydrogen-bond acceptors (Lipinski definition) is 5. The summed E-state index contributed by atoms with van der Waals surface area (Å²) in [4.78, 5) is 24.2. The molecule has 1 aliphatic rings. The third-order valence-electron chi connectivity index (χ3n) is 4.32. The Morgan fingerprint density at radius 3 is 2.63 bits per heavy atom. The molecule has 1 N–H and O–H groups in total. The average molecular weight is 473 g/mol. The maximum Gasteiger partial charge on any atom is 0.335 e. The number of nitrogens with zero attached hydrogens (tertiary/aromatic N) is 2. The van der Waals surface area contributed by atoms with E-state index in [1.165, 1.54) is 17.1 Å². The van der Waals surface area contributed by atoms with Gasteiger partial charge in [0.2, 0.25) is 0 Å². The van der Waals surface area contributed by atoms with Crippen molar-refractivity contribution in [3.63, 3.8) is 0 Å². The summed E-state index contributed by atoms with van der Waals surface area (Å²) in [6.07, 6.45) is 1.69. The number of hydrazone groups is 1. The summed E-state index contributed by atoms with van der Waals surface area (Å²) < 4.78 is 11.9. The molecular weight excluding hydrogens is 452 g/mol. The zero-order valence-corrected chi connectivity index (χ0v) is 18.6. The number of anilines is 1. The number of aromatic carboxylic acids is 1. The van der Waals surface area contributed by atoms with Crippen molar-refractivity contribution in [2.75, 3.05) is 12.1 Å². The van der Waals surface area contributed by atoms with Gasteiger partial charge in [0.05, 0.1) is 40.2 Å². The predicted molar refractivity (Wildman–Crippen MR) is 118 cm³/mol. The molecule has 0 unspecified atom stereocenters. The van der Waals surface area contributed by atoms with Crippen LogP contribution in [0.5, 0.6) is 11.5 Å². The molecule has 8 heteroatoms. The number of carboxylic acid groups (broad SMARTS) is 1. The molecule has 2 aromatic rings. The van der Waals surface area contributed by atoms with Crippen LogP contribution in [0.2, 0.25) is 0 Å². The lowest BCUT2D eigenvalue weighted by Gasteiger charge is -2.16. The Morgan fingerprint density at radius 1 is 1.27 bits per heavy atom. The number of halogens is 1. The molecule has 2 aromatic carbocycles.